The van der Waals surface area contributed by atoms with Crippen LogP contribution in [-0.2, 0) is 0 Å². The smallest absolute Gasteiger partial charge is 0 e. The Labute approximate surface area is 61.2 Å². The van der Waals surface area contributed by atoms with Crippen molar-refractivity contribution in [2.75, 3.05) is 0 Å². The average molecular weight is 167 g/mol. The Morgan fingerprint density at radius 1 is 1.00 bits per heavy atom. The quantitative estimate of drug-likeness (QED) is 0.515. The van der Waals surface area contributed by atoms with Gasteiger partial charge in [0.2, 0.25) is 0 Å². The summed E-state index contributed by atoms with van der Waals surface area (Å²) in [4.78, 5) is 0. The predicted molar refractivity (Wildman–Crippen MR) is 36.9 cm³/mol. The Morgan fingerprint density at radius 3 is 1.75 bits per heavy atom. The summed E-state index contributed by atoms with van der Waals surface area (Å²) in [7, 11) is 0. The van der Waals surface area contributed by atoms with E-state index < -0.39 is 0 Å². The molecular formula is C7H8As. The Bertz CT molecular complexity index is 134. The minimum Gasteiger partial charge on any atom is -0.0622 e. The van der Waals surface area contributed by atoms with Crippen LogP contribution in [0.4, 0.5) is 0 Å². The second-order valence-electron chi connectivity index (χ2n) is 1.65. The first-order valence-electron chi connectivity index (χ1n) is 2.41. The average Bonchev–Trinajstić information content (AvgIpc) is 1.69. The van der Waals surface area contributed by atoms with Crippen LogP contribution >= 0.6 is 0 Å². The maximum atomic E-state index is 2.08. The summed E-state index contributed by atoms with van der Waals surface area (Å²) < 4.78 is 0. The van der Waals surface area contributed by atoms with E-state index in [-0.39, 0.29) is 18.0 Å². The third kappa shape index (κ3) is 2.18. The maximum Gasteiger partial charge on any atom is 0 e. The van der Waals surface area contributed by atoms with Crippen LogP contribution in [0.25, 0.3) is 0 Å². The first-order chi connectivity index (χ1) is 3.39. The van der Waals surface area contributed by atoms with Gasteiger partial charge in [-0.1, -0.05) is 35.9 Å². The third-order valence-electron chi connectivity index (χ3n) is 0.940. The number of hydrogen-bond donors (Lipinski definition) is 0. The Hall–Kier alpha value is -0.222. The molecule has 0 amide bonds. The van der Waals surface area contributed by atoms with Gasteiger partial charge >= 0.3 is 0 Å². The summed E-state index contributed by atoms with van der Waals surface area (Å²) in [6.45, 7) is 2.08. The van der Waals surface area contributed by atoms with E-state index in [1.807, 2.05) is 18.2 Å². The van der Waals surface area contributed by atoms with Crippen LogP contribution in [0.1, 0.15) is 5.56 Å². The van der Waals surface area contributed by atoms with Crippen molar-refractivity contribution in [1.82, 2.24) is 0 Å². The monoisotopic (exact) mass is 167 g/mol. The molecule has 1 heteroatoms. The topological polar surface area (TPSA) is 0 Å². The fraction of sp³-hybridized carbons (Fsp3) is 0.143. The SMILES string of the molecule is Cc1ccccc1.[As]. The van der Waals surface area contributed by atoms with E-state index in [9.17, 15) is 0 Å². The number of benzene rings is 1. The summed E-state index contributed by atoms with van der Waals surface area (Å²) in [5.74, 6) is 0. The minimum absolute atomic E-state index is 0. The van der Waals surface area contributed by atoms with Gasteiger partial charge in [0.25, 0.3) is 0 Å². The molecule has 8 heavy (non-hydrogen) atoms. The van der Waals surface area contributed by atoms with Gasteiger partial charge < -0.3 is 0 Å². The molecule has 0 bridgehead atoms. The summed E-state index contributed by atoms with van der Waals surface area (Å²) >= 11 is 0. The molecule has 0 spiro atoms. The molecule has 0 aliphatic carbocycles. The standard InChI is InChI=1S/C7H8.As/c1-7-5-3-2-4-6-7;/h2-6H,1H3;. The van der Waals surface area contributed by atoms with Gasteiger partial charge in [-0.15, -0.1) is 0 Å². The summed E-state index contributed by atoms with van der Waals surface area (Å²) in [6.07, 6.45) is 0. The van der Waals surface area contributed by atoms with Crippen LogP contribution in [0.2, 0.25) is 0 Å². The molecule has 41 valence electrons. The first-order valence-corrected chi connectivity index (χ1v) is 2.41. The molecule has 3 radical (unpaired) electrons. The molecule has 0 aliphatic rings. The normalized spacial score (nSPS) is 7.62. The van der Waals surface area contributed by atoms with E-state index in [0.717, 1.165) is 0 Å². The zero-order chi connectivity index (χ0) is 5.11. The van der Waals surface area contributed by atoms with Crippen LogP contribution in [0.5, 0.6) is 0 Å². The molecule has 0 saturated heterocycles. The number of rotatable bonds is 0. The molecular weight excluding hydrogens is 159 g/mol. The molecule has 0 unspecified atom stereocenters. The van der Waals surface area contributed by atoms with Crippen LogP contribution in [0.15, 0.2) is 30.3 Å². The second-order valence-corrected chi connectivity index (χ2v) is 1.65. The van der Waals surface area contributed by atoms with E-state index >= 15 is 0 Å². The van der Waals surface area contributed by atoms with Gasteiger partial charge in [-0.2, -0.15) is 0 Å². The van der Waals surface area contributed by atoms with Crippen molar-refractivity contribution < 1.29 is 0 Å². The van der Waals surface area contributed by atoms with Crippen LogP contribution in [0, 0.1) is 6.92 Å². The molecule has 0 atom stereocenters. The molecule has 0 aliphatic heterocycles. The van der Waals surface area contributed by atoms with E-state index in [2.05, 4.69) is 19.1 Å². The summed E-state index contributed by atoms with van der Waals surface area (Å²) in [6, 6.07) is 10.3. The third-order valence-corrected chi connectivity index (χ3v) is 0.940. The van der Waals surface area contributed by atoms with Gasteiger partial charge in [0, 0.05) is 18.0 Å². The fourth-order valence-corrected chi connectivity index (χ4v) is 0.534. The molecule has 0 aromatic heterocycles. The van der Waals surface area contributed by atoms with Crippen LogP contribution in [0.3, 0.4) is 0 Å². The zero-order valence-corrected chi connectivity index (χ0v) is 6.71. The minimum atomic E-state index is 0. The van der Waals surface area contributed by atoms with Crippen molar-refractivity contribution in [1.29, 1.82) is 0 Å². The maximum absolute atomic E-state index is 2.08. The summed E-state index contributed by atoms with van der Waals surface area (Å²) in [5, 5.41) is 0. The predicted octanol–water partition coefficient (Wildman–Crippen LogP) is 1.61. The molecule has 0 N–H and O–H groups in total. The Morgan fingerprint density at radius 2 is 1.50 bits per heavy atom. The van der Waals surface area contributed by atoms with Crippen LogP contribution in [-0.4, -0.2) is 18.0 Å². The van der Waals surface area contributed by atoms with Gasteiger partial charge in [-0.3, -0.25) is 0 Å². The van der Waals surface area contributed by atoms with Crippen LogP contribution < -0.4 is 0 Å². The molecule has 0 heterocycles. The largest absolute Gasteiger partial charge is 0.0622 e. The van der Waals surface area contributed by atoms with Crippen molar-refractivity contribution in [3.05, 3.63) is 35.9 Å². The van der Waals surface area contributed by atoms with Gasteiger partial charge in [-0.05, 0) is 6.92 Å². The Balaban J connectivity index is 0.000000490. The van der Waals surface area contributed by atoms with Crippen molar-refractivity contribution in [2.45, 2.75) is 6.92 Å². The molecule has 1 aromatic rings. The van der Waals surface area contributed by atoms with Gasteiger partial charge in [-0.25, -0.2) is 0 Å². The van der Waals surface area contributed by atoms with E-state index in [0.29, 0.717) is 0 Å². The zero-order valence-electron chi connectivity index (χ0n) is 4.83. The van der Waals surface area contributed by atoms with E-state index in [1.54, 1.807) is 0 Å². The second kappa shape index (κ2) is 3.74. The Kier molecular flexibility index (Phi) is 3.64. The summed E-state index contributed by atoms with van der Waals surface area (Å²) in [5.41, 5.74) is 1.32. The van der Waals surface area contributed by atoms with Crippen molar-refractivity contribution >= 4 is 18.0 Å². The van der Waals surface area contributed by atoms with Gasteiger partial charge in [0.05, 0.1) is 0 Å². The molecule has 1 aromatic carbocycles. The molecule has 0 nitrogen and oxygen atoms in total. The van der Waals surface area contributed by atoms with E-state index in [4.69, 9.17) is 0 Å². The molecule has 0 saturated carbocycles. The van der Waals surface area contributed by atoms with Crippen molar-refractivity contribution in [3.8, 4) is 0 Å². The van der Waals surface area contributed by atoms with Crippen molar-refractivity contribution in [2.24, 2.45) is 0 Å². The first kappa shape index (κ1) is 7.78. The number of aryl methyl sites for hydroxylation is 1. The van der Waals surface area contributed by atoms with E-state index in [1.165, 1.54) is 5.56 Å². The number of hydrogen-bond acceptors (Lipinski definition) is 0. The molecule has 1 rings (SSSR count). The molecule has 0 fully saturated rings. The van der Waals surface area contributed by atoms with Crippen molar-refractivity contribution in [3.63, 3.8) is 0 Å². The van der Waals surface area contributed by atoms with Gasteiger partial charge in [0.15, 0.2) is 0 Å². The fourth-order valence-electron chi connectivity index (χ4n) is 0.534. The van der Waals surface area contributed by atoms with Gasteiger partial charge in [0.1, 0.15) is 0 Å².